The molecule has 2 amide bonds. The van der Waals surface area contributed by atoms with E-state index in [-0.39, 0.29) is 30.4 Å². The summed E-state index contributed by atoms with van der Waals surface area (Å²) >= 11 is 0. The van der Waals surface area contributed by atoms with Crippen molar-refractivity contribution in [2.45, 2.75) is 39.5 Å². The lowest BCUT2D eigenvalue weighted by Gasteiger charge is -2.15. The lowest BCUT2D eigenvalue weighted by Crippen LogP contribution is -2.25. The van der Waals surface area contributed by atoms with Crippen LogP contribution in [0.15, 0.2) is 42.5 Å². The van der Waals surface area contributed by atoms with E-state index in [0.29, 0.717) is 24.4 Å². The van der Waals surface area contributed by atoms with E-state index < -0.39 is 0 Å². The quantitative estimate of drug-likeness (QED) is 0.687. The summed E-state index contributed by atoms with van der Waals surface area (Å²) in [6.07, 6.45) is 1.96. The van der Waals surface area contributed by atoms with E-state index >= 15 is 0 Å². The monoisotopic (exact) mass is 394 g/mol. The second kappa shape index (κ2) is 9.37. The summed E-state index contributed by atoms with van der Waals surface area (Å²) in [5, 5.41) is 2.84. The van der Waals surface area contributed by atoms with Crippen LogP contribution in [0.1, 0.15) is 49.0 Å². The first-order chi connectivity index (χ1) is 14.0. The summed E-state index contributed by atoms with van der Waals surface area (Å²) in [6.45, 7) is 4.89. The Kier molecular flexibility index (Phi) is 6.65. The molecule has 0 aliphatic carbocycles. The Labute approximate surface area is 170 Å². The van der Waals surface area contributed by atoms with Gasteiger partial charge in [0, 0.05) is 43.2 Å². The Morgan fingerprint density at radius 3 is 2.52 bits per heavy atom. The topological polar surface area (TPSA) is 75.7 Å². The lowest BCUT2D eigenvalue weighted by molar-refractivity contribution is -0.117. The Morgan fingerprint density at radius 1 is 1.07 bits per heavy atom. The number of fused-ring (bicyclic) bond motifs is 1. The summed E-state index contributed by atoms with van der Waals surface area (Å²) < 4.78 is 5.51. The maximum absolute atomic E-state index is 12.3. The van der Waals surface area contributed by atoms with Gasteiger partial charge in [-0.1, -0.05) is 6.92 Å². The van der Waals surface area contributed by atoms with Gasteiger partial charge in [0.05, 0.1) is 6.61 Å². The maximum atomic E-state index is 12.3. The standard InChI is InChI=1S/C23H26N2O4/c1-3-14-29-20-7-4-17(5-8-20)22(27)10-11-23(28)24-19-6-9-21-18(15-19)12-13-25(21)16(2)26/h4-9,15H,3,10-14H2,1-2H3,(H,24,28). The lowest BCUT2D eigenvalue weighted by atomic mass is 10.1. The number of amides is 2. The van der Waals surface area contributed by atoms with E-state index in [4.69, 9.17) is 4.74 Å². The van der Waals surface area contributed by atoms with E-state index in [1.807, 2.05) is 19.1 Å². The number of benzene rings is 2. The van der Waals surface area contributed by atoms with Crippen LogP contribution in [-0.4, -0.2) is 30.7 Å². The van der Waals surface area contributed by atoms with E-state index in [2.05, 4.69) is 5.32 Å². The number of hydrogen-bond donors (Lipinski definition) is 1. The summed E-state index contributed by atoms with van der Waals surface area (Å²) in [5.41, 5.74) is 3.20. The molecule has 1 aliphatic heterocycles. The molecule has 29 heavy (non-hydrogen) atoms. The van der Waals surface area contributed by atoms with Crippen LogP contribution in [0, 0.1) is 0 Å². The molecule has 0 aromatic heterocycles. The van der Waals surface area contributed by atoms with Gasteiger partial charge in [-0.2, -0.15) is 0 Å². The average Bonchev–Trinajstić information content (AvgIpc) is 3.14. The minimum absolute atomic E-state index is 0.0176. The first kappa shape index (κ1) is 20.6. The van der Waals surface area contributed by atoms with Crippen molar-refractivity contribution in [1.82, 2.24) is 0 Å². The predicted octanol–water partition coefficient (Wildman–Crippen LogP) is 3.99. The Bertz CT molecular complexity index is 906. The van der Waals surface area contributed by atoms with Crippen LogP contribution in [0.4, 0.5) is 11.4 Å². The SMILES string of the molecule is CCCOc1ccc(C(=O)CCC(=O)Nc2ccc3c(c2)CCN3C(C)=O)cc1. The largest absolute Gasteiger partial charge is 0.494 e. The number of ether oxygens (including phenoxy) is 1. The number of nitrogens with zero attached hydrogens (tertiary/aromatic N) is 1. The molecule has 1 N–H and O–H groups in total. The van der Waals surface area contributed by atoms with Gasteiger partial charge in [0.25, 0.3) is 0 Å². The zero-order chi connectivity index (χ0) is 20.8. The predicted molar refractivity (Wildman–Crippen MR) is 113 cm³/mol. The summed E-state index contributed by atoms with van der Waals surface area (Å²) in [6, 6.07) is 12.5. The van der Waals surface area contributed by atoms with Crippen LogP contribution in [-0.2, 0) is 16.0 Å². The number of Topliss-reactive ketones (excluding diaryl/α,β-unsaturated/α-hetero) is 1. The van der Waals surface area contributed by atoms with Crippen molar-refractivity contribution in [3.05, 3.63) is 53.6 Å². The van der Waals surface area contributed by atoms with E-state index in [0.717, 1.165) is 29.8 Å². The molecule has 1 aliphatic rings. The highest BCUT2D eigenvalue weighted by Gasteiger charge is 2.22. The second-order valence-electron chi connectivity index (χ2n) is 7.11. The van der Waals surface area contributed by atoms with E-state index in [9.17, 15) is 14.4 Å². The van der Waals surface area contributed by atoms with Crippen molar-refractivity contribution in [1.29, 1.82) is 0 Å². The van der Waals surface area contributed by atoms with E-state index in [1.165, 1.54) is 0 Å². The van der Waals surface area contributed by atoms with Crippen molar-refractivity contribution in [3.63, 3.8) is 0 Å². The summed E-state index contributed by atoms with van der Waals surface area (Å²) in [4.78, 5) is 37.9. The minimum atomic E-state index is -0.206. The van der Waals surface area contributed by atoms with Crippen molar-refractivity contribution >= 4 is 29.0 Å². The third-order valence-corrected chi connectivity index (χ3v) is 4.87. The number of carbonyl (C=O) groups is 3. The fourth-order valence-electron chi connectivity index (χ4n) is 3.36. The average molecular weight is 394 g/mol. The molecule has 6 nitrogen and oxygen atoms in total. The first-order valence-electron chi connectivity index (χ1n) is 9.95. The Balaban J connectivity index is 1.51. The fraction of sp³-hybridized carbons (Fsp3) is 0.348. The molecule has 0 bridgehead atoms. The van der Waals surface area contributed by atoms with E-state index in [1.54, 1.807) is 42.2 Å². The Hall–Kier alpha value is -3.15. The van der Waals surface area contributed by atoms with Crippen molar-refractivity contribution in [2.24, 2.45) is 0 Å². The number of rotatable bonds is 8. The summed E-state index contributed by atoms with van der Waals surface area (Å²) in [5.74, 6) is 0.473. The molecule has 3 rings (SSSR count). The van der Waals surface area contributed by atoms with Crippen LogP contribution in [0.3, 0.4) is 0 Å². The first-order valence-corrected chi connectivity index (χ1v) is 9.95. The zero-order valence-electron chi connectivity index (χ0n) is 16.9. The van der Waals surface area contributed by atoms with Gasteiger partial charge in [0.15, 0.2) is 5.78 Å². The minimum Gasteiger partial charge on any atom is -0.494 e. The smallest absolute Gasteiger partial charge is 0.224 e. The summed E-state index contributed by atoms with van der Waals surface area (Å²) in [7, 11) is 0. The van der Waals surface area contributed by atoms with Crippen molar-refractivity contribution in [2.75, 3.05) is 23.4 Å². The molecule has 2 aromatic rings. The molecule has 0 saturated carbocycles. The van der Waals surface area contributed by atoms with Crippen LogP contribution < -0.4 is 15.0 Å². The van der Waals surface area contributed by atoms with Gasteiger partial charge < -0.3 is 15.0 Å². The number of hydrogen-bond acceptors (Lipinski definition) is 4. The van der Waals surface area contributed by atoms with Crippen molar-refractivity contribution < 1.29 is 19.1 Å². The molecule has 152 valence electrons. The van der Waals surface area contributed by atoms with Gasteiger partial charge in [-0.25, -0.2) is 0 Å². The van der Waals surface area contributed by atoms with Crippen LogP contribution >= 0.6 is 0 Å². The number of ketones is 1. The molecule has 6 heteroatoms. The number of carbonyl (C=O) groups excluding carboxylic acids is 3. The molecule has 1 heterocycles. The highest BCUT2D eigenvalue weighted by molar-refractivity contribution is 6.00. The molecule has 2 aromatic carbocycles. The third kappa shape index (κ3) is 5.22. The highest BCUT2D eigenvalue weighted by Crippen LogP contribution is 2.30. The maximum Gasteiger partial charge on any atom is 0.224 e. The molecule has 0 atom stereocenters. The molecular weight excluding hydrogens is 368 g/mol. The van der Waals surface area contributed by atoms with Gasteiger partial charge in [-0.3, -0.25) is 14.4 Å². The normalized spacial score (nSPS) is 12.4. The third-order valence-electron chi connectivity index (χ3n) is 4.87. The Morgan fingerprint density at radius 2 is 1.83 bits per heavy atom. The second-order valence-corrected chi connectivity index (χ2v) is 7.11. The van der Waals surface area contributed by atoms with Gasteiger partial charge in [0.2, 0.25) is 11.8 Å². The molecule has 0 unspecified atom stereocenters. The van der Waals surface area contributed by atoms with Gasteiger partial charge in [-0.15, -0.1) is 0 Å². The van der Waals surface area contributed by atoms with Crippen molar-refractivity contribution in [3.8, 4) is 5.75 Å². The number of anilines is 2. The van der Waals surface area contributed by atoms with Crippen LogP contribution in [0.25, 0.3) is 0 Å². The van der Waals surface area contributed by atoms with Gasteiger partial charge in [0.1, 0.15) is 5.75 Å². The fourth-order valence-corrected chi connectivity index (χ4v) is 3.36. The van der Waals surface area contributed by atoms with Crippen LogP contribution in [0.5, 0.6) is 5.75 Å². The zero-order valence-corrected chi connectivity index (χ0v) is 16.9. The van der Waals surface area contributed by atoms with Crippen LogP contribution in [0.2, 0.25) is 0 Å². The molecular formula is C23H26N2O4. The number of nitrogens with one attached hydrogen (secondary N) is 1. The molecule has 0 spiro atoms. The van der Waals surface area contributed by atoms with Gasteiger partial charge in [-0.05, 0) is 60.9 Å². The molecule has 0 radical (unpaired) electrons. The molecule has 0 saturated heterocycles. The highest BCUT2D eigenvalue weighted by atomic mass is 16.5. The molecule has 0 fully saturated rings. The van der Waals surface area contributed by atoms with Gasteiger partial charge >= 0.3 is 0 Å².